The van der Waals surface area contributed by atoms with Crippen LogP contribution in [0.4, 0.5) is 8.78 Å². The van der Waals surface area contributed by atoms with Gasteiger partial charge in [0.05, 0.1) is 0 Å². The molecule has 0 unspecified atom stereocenters. The van der Waals surface area contributed by atoms with Crippen LogP contribution in [0.25, 0.3) is 0 Å². The van der Waals surface area contributed by atoms with E-state index in [2.05, 4.69) is 6.58 Å². The summed E-state index contributed by atoms with van der Waals surface area (Å²) < 4.78 is 25.7. The van der Waals surface area contributed by atoms with E-state index in [1.165, 1.54) is 17.9 Å². The fourth-order valence-corrected chi connectivity index (χ4v) is 1.44. The summed E-state index contributed by atoms with van der Waals surface area (Å²) in [6.07, 6.45) is 0.425. The minimum atomic E-state index is -0.866. The van der Waals surface area contributed by atoms with Crippen LogP contribution in [0.15, 0.2) is 30.4 Å². The summed E-state index contributed by atoms with van der Waals surface area (Å²) in [5, 5.41) is 0. The van der Waals surface area contributed by atoms with Gasteiger partial charge in [0.25, 0.3) is 0 Å². The fourth-order valence-electron chi connectivity index (χ4n) is 1.44. The predicted octanol–water partition coefficient (Wildman–Crippen LogP) is 2.54. The number of halogens is 2. The average Bonchev–Trinajstić information content (AvgIpc) is 2.23. The number of nitrogens with zero attached hydrogens (tertiary/aromatic N) is 1. The molecule has 0 aliphatic rings. The second-order valence-corrected chi connectivity index (χ2v) is 4.05. The Morgan fingerprint density at radius 3 is 2.53 bits per heavy atom. The molecule has 0 bridgehead atoms. The van der Waals surface area contributed by atoms with E-state index in [0.717, 1.165) is 17.7 Å². The molecule has 1 aromatic carbocycles. The van der Waals surface area contributed by atoms with Crippen LogP contribution in [0, 0.1) is 11.6 Å². The monoisotopic (exact) mass is 239 g/mol. The molecule has 0 aromatic heterocycles. The highest BCUT2D eigenvalue weighted by Crippen LogP contribution is 2.12. The topological polar surface area (TPSA) is 20.3 Å². The van der Waals surface area contributed by atoms with Crippen molar-refractivity contribution in [2.75, 3.05) is 13.6 Å². The summed E-state index contributed by atoms with van der Waals surface area (Å²) in [6, 6.07) is 3.75. The predicted molar refractivity (Wildman–Crippen MR) is 62.5 cm³/mol. The van der Waals surface area contributed by atoms with Crippen molar-refractivity contribution in [1.82, 2.24) is 4.90 Å². The van der Waals surface area contributed by atoms with E-state index in [4.69, 9.17) is 0 Å². The van der Waals surface area contributed by atoms with Gasteiger partial charge in [0, 0.05) is 20.5 Å². The lowest BCUT2D eigenvalue weighted by Crippen LogP contribution is -2.26. The first kappa shape index (κ1) is 13.4. The Balaban J connectivity index is 2.62. The summed E-state index contributed by atoms with van der Waals surface area (Å²) in [5.41, 5.74) is 1.42. The maximum Gasteiger partial charge on any atom is 0.219 e. The quantitative estimate of drug-likeness (QED) is 0.739. The normalized spacial score (nSPS) is 10.1. The maximum atomic E-state index is 13.0. The van der Waals surface area contributed by atoms with E-state index >= 15 is 0 Å². The van der Waals surface area contributed by atoms with E-state index in [1.807, 2.05) is 0 Å². The molecule has 0 spiro atoms. The number of carbonyl (C=O) groups is 1. The lowest BCUT2D eigenvalue weighted by molar-refractivity contribution is -0.127. The second kappa shape index (κ2) is 5.57. The Labute approximate surface area is 99.5 Å². The van der Waals surface area contributed by atoms with Gasteiger partial charge < -0.3 is 4.90 Å². The third kappa shape index (κ3) is 3.98. The van der Waals surface area contributed by atoms with E-state index < -0.39 is 11.6 Å². The fraction of sp³-hybridized carbons (Fsp3) is 0.308. The SMILES string of the molecule is C=C(Cc1ccc(F)c(F)c1)CN(C)C(C)=O. The van der Waals surface area contributed by atoms with Crippen molar-refractivity contribution in [2.24, 2.45) is 0 Å². The van der Waals surface area contributed by atoms with Crippen molar-refractivity contribution >= 4 is 5.91 Å². The molecule has 0 N–H and O–H groups in total. The molecule has 0 aliphatic carbocycles. The first-order chi connectivity index (χ1) is 7.90. The molecule has 0 fully saturated rings. The van der Waals surface area contributed by atoms with Gasteiger partial charge in [-0.25, -0.2) is 8.78 Å². The number of hydrogen-bond acceptors (Lipinski definition) is 1. The van der Waals surface area contributed by atoms with Gasteiger partial charge in [-0.3, -0.25) is 4.79 Å². The zero-order valence-electron chi connectivity index (χ0n) is 9.96. The molecule has 1 rings (SSSR count). The van der Waals surface area contributed by atoms with Crippen LogP contribution in [0.2, 0.25) is 0 Å². The van der Waals surface area contributed by atoms with Gasteiger partial charge in [-0.15, -0.1) is 0 Å². The van der Waals surface area contributed by atoms with Crippen LogP contribution in [0.5, 0.6) is 0 Å². The molecule has 4 heteroatoms. The zero-order chi connectivity index (χ0) is 13.0. The third-order valence-electron chi connectivity index (χ3n) is 2.44. The minimum Gasteiger partial charge on any atom is -0.342 e. The van der Waals surface area contributed by atoms with E-state index in [-0.39, 0.29) is 5.91 Å². The first-order valence-electron chi connectivity index (χ1n) is 5.22. The van der Waals surface area contributed by atoms with Crippen LogP contribution in [0.3, 0.4) is 0 Å². The Kier molecular flexibility index (Phi) is 4.37. The molecule has 0 radical (unpaired) electrons. The zero-order valence-corrected chi connectivity index (χ0v) is 9.96. The van der Waals surface area contributed by atoms with Crippen LogP contribution in [-0.4, -0.2) is 24.4 Å². The molecule has 2 nitrogen and oxygen atoms in total. The molecular weight excluding hydrogens is 224 g/mol. The maximum absolute atomic E-state index is 13.0. The summed E-state index contributed by atoms with van der Waals surface area (Å²) in [4.78, 5) is 12.5. The number of benzene rings is 1. The lowest BCUT2D eigenvalue weighted by Gasteiger charge is -2.16. The molecule has 1 aromatic rings. The number of rotatable bonds is 4. The molecule has 92 valence electrons. The highest BCUT2D eigenvalue weighted by Gasteiger charge is 2.07. The summed E-state index contributed by atoms with van der Waals surface area (Å²) in [6.45, 7) is 5.69. The van der Waals surface area contributed by atoms with Crippen molar-refractivity contribution in [1.29, 1.82) is 0 Å². The molecule has 0 aliphatic heterocycles. The number of amides is 1. The van der Waals surface area contributed by atoms with Crippen molar-refractivity contribution in [3.63, 3.8) is 0 Å². The Morgan fingerprint density at radius 1 is 1.35 bits per heavy atom. The van der Waals surface area contributed by atoms with Gasteiger partial charge >= 0.3 is 0 Å². The van der Waals surface area contributed by atoms with Crippen molar-refractivity contribution in [3.05, 3.63) is 47.5 Å². The standard InChI is InChI=1S/C13H15F2NO/c1-9(8-16(3)10(2)17)6-11-4-5-12(14)13(15)7-11/h4-5,7H,1,6,8H2,2-3H3. The van der Waals surface area contributed by atoms with Crippen LogP contribution >= 0.6 is 0 Å². The number of carbonyl (C=O) groups excluding carboxylic acids is 1. The van der Waals surface area contributed by atoms with Crippen LogP contribution in [0.1, 0.15) is 12.5 Å². The molecule has 0 heterocycles. The average molecular weight is 239 g/mol. The molecular formula is C13H15F2NO. The summed E-state index contributed by atoms with van der Waals surface area (Å²) in [7, 11) is 1.67. The molecule has 0 saturated carbocycles. The van der Waals surface area contributed by atoms with Gasteiger partial charge in [-0.05, 0) is 24.1 Å². The Morgan fingerprint density at radius 2 is 2.00 bits per heavy atom. The largest absolute Gasteiger partial charge is 0.342 e. The van der Waals surface area contributed by atoms with Crippen molar-refractivity contribution < 1.29 is 13.6 Å². The van der Waals surface area contributed by atoms with Crippen LogP contribution in [-0.2, 0) is 11.2 Å². The van der Waals surface area contributed by atoms with Gasteiger partial charge in [0.1, 0.15) is 0 Å². The van der Waals surface area contributed by atoms with E-state index in [9.17, 15) is 13.6 Å². The van der Waals surface area contributed by atoms with Gasteiger partial charge in [-0.2, -0.15) is 0 Å². The molecule has 0 saturated heterocycles. The number of likely N-dealkylation sites (N-methyl/N-ethyl adjacent to an activating group) is 1. The van der Waals surface area contributed by atoms with Crippen molar-refractivity contribution in [2.45, 2.75) is 13.3 Å². The third-order valence-corrected chi connectivity index (χ3v) is 2.44. The Hall–Kier alpha value is -1.71. The molecule has 17 heavy (non-hydrogen) atoms. The van der Waals surface area contributed by atoms with Crippen molar-refractivity contribution in [3.8, 4) is 0 Å². The lowest BCUT2D eigenvalue weighted by atomic mass is 10.1. The smallest absolute Gasteiger partial charge is 0.219 e. The molecule has 0 atom stereocenters. The minimum absolute atomic E-state index is 0.0589. The van der Waals surface area contributed by atoms with E-state index in [1.54, 1.807) is 7.05 Å². The summed E-state index contributed by atoms with van der Waals surface area (Å²) in [5.74, 6) is -1.79. The second-order valence-electron chi connectivity index (χ2n) is 4.05. The van der Waals surface area contributed by atoms with Gasteiger partial charge in [-0.1, -0.05) is 18.2 Å². The highest BCUT2D eigenvalue weighted by molar-refractivity contribution is 5.73. The number of hydrogen-bond donors (Lipinski definition) is 0. The molecule has 1 amide bonds. The van der Waals surface area contributed by atoms with Gasteiger partial charge in [0.2, 0.25) is 5.91 Å². The summed E-state index contributed by atoms with van der Waals surface area (Å²) >= 11 is 0. The Bertz CT molecular complexity index is 443. The first-order valence-corrected chi connectivity index (χ1v) is 5.22. The van der Waals surface area contributed by atoms with E-state index in [0.29, 0.717) is 18.5 Å². The highest BCUT2D eigenvalue weighted by atomic mass is 19.2. The van der Waals surface area contributed by atoms with Gasteiger partial charge in [0.15, 0.2) is 11.6 Å². The van der Waals surface area contributed by atoms with Crippen LogP contribution < -0.4 is 0 Å².